The number of hydrogen-bond acceptors (Lipinski definition) is 2. The number of hydrogen-bond donors (Lipinski definition) is 0. The van der Waals surface area contributed by atoms with E-state index in [9.17, 15) is 0 Å². The molecule has 3 aromatic rings. The molecule has 0 N–H and O–H groups in total. The highest BCUT2D eigenvalue weighted by atomic mass is 14.9. The maximum Gasteiger partial charge on any atom is 0.125 e. The zero-order valence-corrected chi connectivity index (χ0v) is 10.3. The zero-order chi connectivity index (χ0) is 12.4. The molecule has 3 rings (SSSR count). The van der Waals surface area contributed by atoms with Gasteiger partial charge in [0.05, 0.1) is 0 Å². The van der Waals surface area contributed by atoms with E-state index in [1.807, 2.05) is 19.2 Å². The van der Waals surface area contributed by atoms with Crippen LogP contribution in [0.25, 0.3) is 10.8 Å². The van der Waals surface area contributed by atoms with Crippen molar-refractivity contribution in [3.05, 3.63) is 71.8 Å². The molecule has 1 heterocycles. The fraction of sp³-hybridized carbons (Fsp3) is 0.125. The first-order valence-corrected chi connectivity index (χ1v) is 6.08. The second-order valence-corrected chi connectivity index (χ2v) is 4.41. The number of aromatic nitrogens is 2. The van der Waals surface area contributed by atoms with Gasteiger partial charge in [-0.15, -0.1) is 0 Å². The summed E-state index contributed by atoms with van der Waals surface area (Å²) in [4.78, 5) is 8.60. The van der Waals surface area contributed by atoms with Crippen molar-refractivity contribution in [2.24, 2.45) is 0 Å². The lowest BCUT2D eigenvalue weighted by atomic mass is 10.0. The van der Waals surface area contributed by atoms with Gasteiger partial charge in [0.15, 0.2) is 0 Å². The second-order valence-electron chi connectivity index (χ2n) is 4.41. The van der Waals surface area contributed by atoms with E-state index in [1.54, 1.807) is 0 Å². The van der Waals surface area contributed by atoms with Gasteiger partial charge in [-0.05, 0) is 29.3 Å². The largest absolute Gasteiger partial charge is 0.242 e. The van der Waals surface area contributed by atoms with Gasteiger partial charge in [-0.3, -0.25) is 0 Å². The maximum absolute atomic E-state index is 4.46. The molecule has 0 saturated heterocycles. The fourth-order valence-corrected chi connectivity index (χ4v) is 2.25. The van der Waals surface area contributed by atoms with Crippen LogP contribution in [0.1, 0.15) is 17.1 Å². The molecule has 18 heavy (non-hydrogen) atoms. The lowest BCUT2D eigenvalue weighted by Gasteiger charge is -2.06. The number of rotatable bonds is 2. The topological polar surface area (TPSA) is 25.8 Å². The Balaban J connectivity index is 2.05. The SMILES string of the molecule is Cc1nccc(Cc2cccc3ccccc23)n1. The summed E-state index contributed by atoms with van der Waals surface area (Å²) in [7, 11) is 0. The van der Waals surface area contributed by atoms with E-state index >= 15 is 0 Å². The van der Waals surface area contributed by atoms with Gasteiger partial charge in [0.25, 0.3) is 0 Å². The van der Waals surface area contributed by atoms with E-state index in [0.717, 1.165) is 17.9 Å². The van der Waals surface area contributed by atoms with Gasteiger partial charge in [0.1, 0.15) is 5.82 Å². The van der Waals surface area contributed by atoms with Gasteiger partial charge in [0, 0.05) is 18.3 Å². The Kier molecular flexibility index (Phi) is 2.77. The van der Waals surface area contributed by atoms with Crippen molar-refractivity contribution >= 4 is 10.8 Å². The Morgan fingerprint density at radius 3 is 2.67 bits per heavy atom. The van der Waals surface area contributed by atoms with E-state index in [0.29, 0.717) is 0 Å². The Bertz CT molecular complexity index is 684. The van der Waals surface area contributed by atoms with Crippen molar-refractivity contribution in [3.8, 4) is 0 Å². The molecule has 0 bridgehead atoms. The van der Waals surface area contributed by atoms with E-state index in [-0.39, 0.29) is 0 Å². The van der Waals surface area contributed by atoms with Crippen LogP contribution in [-0.2, 0) is 6.42 Å². The van der Waals surface area contributed by atoms with Crippen molar-refractivity contribution in [1.82, 2.24) is 9.97 Å². The third kappa shape index (κ3) is 2.09. The van der Waals surface area contributed by atoms with Crippen molar-refractivity contribution in [3.63, 3.8) is 0 Å². The first kappa shape index (κ1) is 10.9. The van der Waals surface area contributed by atoms with Gasteiger partial charge < -0.3 is 0 Å². The lowest BCUT2D eigenvalue weighted by Crippen LogP contribution is -1.96. The normalized spacial score (nSPS) is 10.7. The summed E-state index contributed by atoms with van der Waals surface area (Å²) in [6.45, 7) is 1.92. The number of fused-ring (bicyclic) bond motifs is 1. The first-order chi connectivity index (χ1) is 8.83. The van der Waals surface area contributed by atoms with Crippen LogP contribution in [0.2, 0.25) is 0 Å². The molecule has 0 spiro atoms. The summed E-state index contributed by atoms with van der Waals surface area (Å²) in [6.07, 6.45) is 2.67. The van der Waals surface area contributed by atoms with Gasteiger partial charge >= 0.3 is 0 Å². The Hall–Kier alpha value is -2.22. The number of nitrogens with zero attached hydrogens (tertiary/aromatic N) is 2. The summed E-state index contributed by atoms with van der Waals surface area (Å²) in [6, 6.07) is 16.9. The smallest absolute Gasteiger partial charge is 0.125 e. The molecular formula is C16H14N2. The molecule has 0 amide bonds. The van der Waals surface area contributed by atoms with Gasteiger partial charge in [-0.1, -0.05) is 42.5 Å². The van der Waals surface area contributed by atoms with Crippen LogP contribution in [0, 0.1) is 6.92 Å². The molecule has 0 fully saturated rings. The average molecular weight is 234 g/mol. The molecule has 2 heteroatoms. The molecule has 2 aromatic carbocycles. The molecule has 0 aliphatic heterocycles. The zero-order valence-electron chi connectivity index (χ0n) is 10.3. The summed E-state index contributed by atoms with van der Waals surface area (Å²) in [5.74, 6) is 0.827. The fourth-order valence-electron chi connectivity index (χ4n) is 2.25. The van der Waals surface area contributed by atoms with E-state index in [1.165, 1.54) is 16.3 Å². The molecule has 2 nitrogen and oxygen atoms in total. The molecule has 88 valence electrons. The molecular weight excluding hydrogens is 220 g/mol. The van der Waals surface area contributed by atoms with Crippen molar-refractivity contribution in [2.75, 3.05) is 0 Å². The minimum absolute atomic E-state index is 0.827. The van der Waals surface area contributed by atoms with Crippen molar-refractivity contribution in [2.45, 2.75) is 13.3 Å². The Morgan fingerprint density at radius 1 is 0.944 bits per heavy atom. The molecule has 0 atom stereocenters. The third-order valence-electron chi connectivity index (χ3n) is 3.09. The highest BCUT2D eigenvalue weighted by Crippen LogP contribution is 2.20. The van der Waals surface area contributed by atoms with Crippen LogP contribution in [0.3, 0.4) is 0 Å². The Labute approximate surface area is 106 Å². The van der Waals surface area contributed by atoms with Crippen LogP contribution >= 0.6 is 0 Å². The minimum Gasteiger partial charge on any atom is -0.242 e. The highest BCUT2D eigenvalue weighted by molar-refractivity contribution is 5.85. The van der Waals surface area contributed by atoms with Crippen LogP contribution in [0.15, 0.2) is 54.7 Å². The average Bonchev–Trinajstić information content (AvgIpc) is 2.39. The van der Waals surface area contributed by atoms with E-state index in [4.69, 9.17) is 0 Å². The first-order valence-electron chi connectivity index (χ1n) is 6.08. The van der Waals surface area contributed by atoms with Crippen molar-refractivity contribution in [1.29, 1.82) is 0 Å². The number of aryl methyl sites for hydroxylation is 1. The van der Waals surface area contributed by atoms with Crippen LogP contribution in [0.5, 0.6) is 0 Å². The minimum atomic E-state index is 0.827. The quantitative estimate of drug-likeness (QED) is 0.678. The monoisotopic (exact) mass is 234 g/mol. The van der Waals surface area contributed by atoms with Crippen molar-refractivity contribution < 1.29 is 0 Å². The summed E-state index contributed by atoms with van der Waals surface area (Å²) < 4.78 is 0. The molecule has 0 radical (unpaired) electrons. The second kappa shape index (κ2) is 4.57. The molecule has 0 aliphatic rings. The van der Waals surface area contributed by atoms with E-state index in [2.05, 4.69) is 52.4 Å². The summed E-state index contributed by atoms with van der Waals surface area (Å²) >= 11 is 0. The standard InChI is InChI=1S/C16H14N2/c1-12-17-10-9-15(18-12)11-14-7-4-6-13-5-2-3-8-16(13)14/h2-10H,11H2,1H3. The maximum atomic E-state index is 4.46. The van der Waals surface area contributed by atoms with Gasteiger partial charge in [-0.2, -0.15) is 0 Å². The molecule has 0 saturated carbocycles. The van der Waals surface area contributed by atoms with Crippen LogP contribution in [-0.4, -0.2) is 9.97 Å². The Morgan fingerprint density at radius 2 is 1.78 bits per heavy atom. The van der Waals surface area contributed by atoms with E-state index < -0.39 is 0 Å². The predicted molar refractivity (Wildman–Crippen MR) is 73.5 cm³/mol. The van der Waals surface area contributed by atoms with Gasteiger partial charge in [-0.25, -0.2) is 9.97 Å². The molecule has 1 aromatic heterocycles. The molecule has 0 unspecified atom stereocenters. The van der Waals surface area contributed by atoms with Gasteiger partial charge in [0.2, 0.25) is 0 Å². The van der Waals surface area contributed by atoms with Crippen LogP contribution < -0.4 is 0 Å². The molecule has 0 aliphatic carbocycles. The lowest BCUT2D eigenvalue weighted by molar-refractivity contribution is 0.971. The summed E-state index contributed by atoms with van der Waals surface area (Å²) in [5, 5.41) is 2.58. The predicted octanol–water partition coefficient (Wildman–Crippen LogP) is 3.53. The van der Waals surface area contributed by atoms with Crippen LogP contribution in [0.4, 0.5) is 0 Å². The summed E-state index contributed by atoms with van der Waals surface area (Å²) in [5.41, 5.74) is 2.38. The highest BCUT2D eigenvalue weighted by Gasteiger charge is 2.03. The third-order valence-corrected chi connectivity index (χ3v) is 3.09. The number of benzene rings is 2.